The average molecular weight is 273 g/mol. The van der Waals surface area contributed by atoms with E-state index in [0.717, 1.165) is 41.3 Å². The van der Waals surface area contributed by atoms with Gasteiger partial charge in [-0.2, -0.15) is 0 Å². The average Bonchev–Trinajstić information content (AvgIpc) is 3.20. The van der Waals surface area contributed by atoms with E-state index in [1.54, 1.807) is 11.3 Å². The van der Waals surface area contributed by atoms with E-state index in [9.17, 15) is 0 Å². The lowest BCUT2D eigenvalue weighted by atomic mass is 10.1. The maximum Gasteiger partial charge on any atom is 0.142 e. The van der Waals surface area contributed by atoms with Gasteiger partial charge in [0.2, 0.25) is 0 Å². The molecule has 2 heterocycles. The Kier molecular flexibility index (Phi) is 3.89. The predicted octanol–water partition coefficient (Wildman–Crippen LogP) is 3.34. The fourth-order valence-corrected chi connectivity index (χ4v) is 3.05. The predicted molar refractivity (Wildman–Crippen MR) is 78.9 cm³/mol. The van der Waals surface area contributed by atoms with Gasteiger partial charge in [0.05, 0.1) is 11.4 Å². The van der Waals surface area contributed by atoms with Gasteiger partial charge in [-0.05, 0) is 43.4 Å². The molecule has 0 spiro atoms. The fourth-order valence-electron chi connectivity index (χ4n) is 2.25. The fraction of sp³-hybridized carbons (Fsp3) is 0.467. The van der Waals surface area contributed by atoms with Crippen molar-refractivity contribution in [1.82, 2.24) is 15.3 Å². The van der Waals surface area contributed by atoms with Gasteiger partial charge >= 0.3 is 0 Å². The molecule has 4 heteroatoms. The van der Waals surface area contributed by atoms with Gasteiger partial charge in [-0.3, -0.25) is 4.98 Å². The highest BCUT2D eigenvalue weighted by molar-refractivity contribution is 7.13. The molecule has 1 N–H and O–H groups in total. The number of pyridine rings is 1. The van der Waals surface area contributed by atoms with Crippen LogP contribution in [0.15, 0.2) is 29.8 Å². The van der Waals surface area contributed by atoms with E-state index in [0.29, 0.717) is 0 Å². The standard InChI is InChI=1S/C15H19N3S/c1-11(12-5-6-12)8-16-9-13-10-19-15(18-13)14-4-2-3-7-17-14/h2-4,7,10-12,16H,5-6,8-9H2,1H3. The first-order valence-corrected chi connectivity index (χ1v) is 7.77. The van der Waals surface area contributed by atoms with Crippen LogP contribution in [0.3, 0.4) is 0 Å². The molecule has 19 heavy (non-hydrogen) atoms. The van der Waals surface area contributed by atoms with Crippen molar-refractivity contribution in [2.24, 2.45) is 11.8 Å². The summed E-state index contributed by atoms with van der Waals surface area (Å²) in [5.41, 5.74) is 2.08. The monoisotopic (exact) mass is 273 g/mol. The molecule has 3 nitrogen and oxygen atoms in total. The molecule has 0 aliphatic heterocycles. The molecule has 0 aromatic carbocycles. The molecule has 1 atom stereocenters. The van der Waals surface area contributed by atoms with Gasteiger partial charge < -0.3 is 5.32 Å². The zero-order chi connectivity index (χ0) is 13.1. The largest absolute Gasteiger partial charge is 0.311 e. The lowest BCUT2D eigenvalue weighted by Gasteiger charge is -2.09. The second-order valence-corrected chi connectivity index (χ2v) is 6.16. The van der Waals surface area contributed by atoms with Crippen molar-refractivity contribution in [3.05, 3.63) is 35.5 Å². The van der Waals surface area contributed by atoms with E-state index in [2.05, 4.69) is 27.6 Å². The summed E-state index contributed by atoms with van der Waals surface area (Å²) in [6.07, 6.45) is 4.65. The number of thiazole rings is 1. The third-order valence-corrected chi connectivity index (χ3v) is 4.55. The van der Waals surface area contributed by atoms with Crippen molar-refractivity contribution >= 4 is 11.3 Å². The zero-order valence-corrected chi connectivity index (χ0v) is 12.0. The Morgan fingerprint density at radius 2 is 2.32 bits per heavy atom. The molecule has 1 aliphatic rings. The molecule has 2 aromatic heterocycles. The molecule has 0 radical (unpaired) electrons. The Morgan fingerprint density at radius 1 is 1.42 bits per heavy atom. The Bertz CT molecular complexity index is 519. The third kappa shape index (κ3) is 3.39. The molecular weight excluding hydrogens is 254 g/mol. The smallest absolute Gasteiger partial charge is 0.142 e. The van der Waals surface area contributed by atoms with E-state index < -0.39 is 0 Å². The van der Waals surface area contributed by atoms with Crippen LogP contribution in [0.1, 0.15) is 25.5 Å². The molecule has 0 bridgehead atoms. The zero-order valence-electron chi connectivity index (χ0n) is 11.2. The summed E-state index contributed by atoms with van der Waals surface area (Å²) in [7, 11) is 0. The van der Waals surface area contributed by atoms with Crippen molar-refractivity contribution in [3.8, 4) is 10.7 Å². The number of nitrogens with one attached hydrogen (secondary N) is 1. The Balaban J connectivity index is 1.53. The van der Waals surface area contributed by atoms with E-state index in [1.807, 2.05) is 24.4 Å². The van der Waals surface area contributed by atoms with Crippen molar-refractivity contribution in [1.29, 1.82) is 0 Å². The third-order valence-electron chi connectivity index (χ3n) is 3.63. The maximum absolute atomic E-state index is 4.63. The van der Waals surface area contributed by atoms with Gasteiger partial charge in [-0.15, -0.1) is 11.3 Å². The molecule has 1 saturated carbocycles. The highest BCUT2D eigenvalue weighted by Gasteiger charge is 2.27. The van der Waals surface area contributed by atoms with Crippen LogP contribution in [-0.4, -0.2) is 16.5 Å². The summed E-state index contributed by atoms with van der Waals surface area (Å²) in [6.45, 7) is 4.30. The lowest BCUT2D eigenvalue weighted by molar-refractivity contribution is 0.460. The molecule has 2 aromatic rings. The maximum atomic E-state index is 4.63. The molecule has 0 amide bonds. The summed E-state index contributed by atoms with van der Waals surface area (Å²) in [4.78, 5) is 8.96. The van der Waals surface area contributed by atoms with Gasteiger partial charge in [-0.1, -0.05) is 13.0 Å². The van der Waals surface area contributed by atoms with E-state index in [-0.39, 0.29) is 0 Å². The first-order chi connectivity index (χ1) is 9.33. The molecular formula is C15H19N3S. The van der Waals surface area contributed by atoms with Crippen LogP contribution < -0.4 is 5.32 Å². The highest BCUT2D eigenvalue weighted by atomic mass is 32.1. The number of hydrogen-bond acceptors (Lipinski definition) is 4. The van der Waals surface area contributed by atoms with E-state index >= 15 is 0 Å². The molecule has 100 valence electrons. The summed E-state index contributed by atoms with van der Waals surface area (Å²) in [6, 6.07) is 5.93. The number of hydrogen-bond donors (Lipinski definition) is 1. The van der Waals surface area contributed by atoms with Crippen molar-refractivity contribution in [2.75, 3.05) is 6.54 Å². The second kappa shape index (κ2) is 5.80. The minimum absolute atomic E-state index is 0.800. The summed E-state index contributed by atoms with van der Waals surface area (Å²) in [5, 5.41) is 6.64. The van der Waals surface area contributed by atoms with Gasteiger partial charge in [-0.25, -0.2) is 4.98 Å². The first kappa shape index (κ1) is 12.8. The minimum atomic E-state index is 0.800. The molecule has 0 saturated heterocycles. The van der Waals surface area contributed by atoms with Gasteiger partial charge in [0.15, 0.2) is 0 Å². The first-order valence-electron chi connectivity index (χ1n) is 6.89. The molecule has 1 aliphatic carbocycles. The van der Waals surface area contributed by atoms with Crippen LogP contribution in [0, 0.1) is 11.8 Å². The quantitative estimate of drug-likeness (QED) is 0.877. The Labute approximate surface area is 118 Å². The van der Waals surface area contributed by atoms with Crippen LogP contribution in [0.5, 0.6) is 0 Å². The Morgan fingerprint density at radius 3 is 3.05 bits per heavy atom. The van der Waals surface area contributed by atoms with Crippen LogP contribution >= 0.6 is 11.3 Å². The molecule has 3 rings (SSSR count). The number of aromatic nitrogens is 2. The van der Waals surface area contributed by atoms with Crippen molar-refractivity contribution in [3.63, 3.8) is 0 Å². The van der Waals surface area contributed by atoms with Crippen LogP contribution in [0.4, 0.5) is 0 Å². The SMILES string of the molecule is CC(CNCc1csc(-c2ccccn2)n1)C1CC1. The minimum Gasteiger partial charge on any atom is -0.311 e. The second-order valence-electron chi connectivity index (χ2n) is 5.30. The van der Waals surface area contributed by atoms with E-state index in [4.69, 9.17) is 0 Å². The number of rotatable bonds is 6. The summed E-state index contributed by atoms with van der Waals surface area (Å²) in [5.74, 6) is 1.76. The summed E-state index contributed by atoms with van der Waals surface area (Å²) < 4.78 is 0. The topological polar surface area (TPSA) is 37.8 Å². The van der Waals surface area contributed by atoms with Gasteiger partial charge in [0, 0.05) is 18.1 Å². The lowest BCUT2D eigenvalue weighted by Crippen LogP contribution is -2.21. The highest BCUT2D eigenvalue weighted by Crippen LogP contribution is 2.36. The van der Waals surface area contributed by atoms with Crippen LogP contribution in [-0.2, 0) is 6.54 Å². The molecule has 1 unspecified atom stereocenters. The van der Waals surface area contributed by atoms with Gasteiger partial charge in [0.25, 0.3) is 0 Å². The van der Waals surface area contributed by atoms with Gasteiger partial charge in [0.1, 0.15) is 5.01 Å². The van der Waals surface area contributed by atoms with Crippen LogP contribution in [0.25, 0.3) is 10.7 Å². The Hall–Kier alpha value is -1.26. The molecule has 1 fully saturated rings. The van der Waals surface area contributed by atoms with E-state index in [1.165, 1.54) is 12.8 Å². The van der Waals surface area contributed by atoms with Crippen molar-refractivity contribution in [2.45, 2.75) is 26.3 Å². The normalized spacial score (nSPS) is 16.5. The summed E-state index contributed by atoms with van der Waals surface area (Å²) >= 11 is 1.67. The number of nitrogens with zero attached hydrogens (tertiary/aromatic N) is 2. The van der Waals surface area contributed by atoms with Crippen LogP contribution in [0.2, 0.25) is 0 Å². The van der Waals surface area contributed by atoms with Crippen molar-refractivity contribution < 1.29 is 0 Å².